The van der Waals surface area contributed by atoms with Crippen LogP contribution in [0.4, 0.5) is 0 Å². The Hall–Kier alpha value is -0.0800. The summed E-state index contributed by atoms with van der Waals surface area (Å²) in [6.07, 6.45) is 6.26. The number of thioether (sulfide) groups is 1. The van der Waals surface area contributed by atoms with Crippen molar-refractivity contribution in [3.05, 3.63) is 17.0 Å². The van der Waals surface area contributed by atoms with Crippen molar-refractivity contribution in [2.24, 2.45) is 0 Å². The molecular weight excluding hydrogens is 324 g/mol. The van der Waals surface area contributed by atoms with Gasteiger partial charge in [-0.2, -0.15) is 11.8 Å². The summed E-state index contributed by atoms with van der Waals surface area (Å²) in [5, 5.41) is 3.33. The molecule has 120 valence electrons. The fourth-order valence-corrected chi connectivity index (χ4v) is 5.39. The molecule has 1 aliphatic rings. The molecule has 0 spiro atoms. The standard InChI is InChI=1S/C14H24N2O2S3/c1-3-9-15-10-6-12-4-5-13(20-12)21(17,18)16-11-14(19-2)7-8-14/h4-5,15-16H,3,6-11H2,1-2H3. The van der Waals surface area contributed by atoms with Crippen molar-refractivity contribution in [1.29, 1.82) is 0 Å². The number of nitrogens with one attached hydrogen (secondary N) is 2. The van der Waals surface area contributed by atoms with Crippen molar-refractivity contribution in [3.8, 4) is 0 Å². The van der Waals surface area contributed by atoms with Gasteiger partial charge in [-0.25, -0.2) is 13.1 Å². The quantitative estimate of drug-likeness (QED) is 0.638. The van der Waals surface area contributed by atoms with Gasteiger partial charge in [-0.05, 0) is 57.2 Å². The number of rotatable bonds is 10. The molecule has 0 saturated heterocycles. The summed E-state index contributed by atoms with van der Waals surface area (Å²) >= 11 is 3.14. The lowest BCUT2D eigenvalue weighted by Gasteiger charge is -2.12. The van der Waals surface area contributed by atoms with Gasteiger partial charge in [-0.1, -0.05) is 6.92 Å². The number of hydrogen-bond acceptors (Lipinski definition) is 5. The fraction of sp³-hybridized carbons (Fsp3) is 0.714. The third-order valence-electron chi connectivity index (χ3n) is 3.70. The summed E-state index contributed by atoms with van der Waals surface area (Å²) in [5.74, 6) is 0. The van der Waals surface area contributed by atoms with E-state index in [1.807, 2.05) is 12.3 Å². The third-order valence-corrected chi connectivity index (χ3v) is 8.16. The highest BCUT2D eigenvalue weighted by Crippen LogP contribution is 2.46. The van der Waals surface area contributed by atoms with Crippen molar-refractivity contribution < 1.29 is 8.42 Å². The molecule has 1 saturated carbocycles. The van der Waals surface area contributed by atoms with E-state index in [2.05, 4.69) is 17.0 Å². The van der Waals surface area contributed by atoms with Crippen molar-refractivity contribution in [1.82, 2.24) is 10.0 Å². The Kier molecular flexibility index (Phi) is 6.14. The molecule has 1 aromatic rings. The maximum absolute atomic E-state index is 12.3. The van der Waals surface area contributed by atoms with Gasteiger partial charge in [-0.15, -0.1) is 11.3 Å². The van der Waals surface area contributed by atoms with E-state index in [1.54, 1.807) is 17.8 Å². The second-order valence-electron chi connectivity index (χ2n) is 5.43. The molecule has 1 aliphatic carbocycles. The van der Waals surface area contributed by atoms with Crippen LogP contribution >= 0.6 is 23.1 Å². The second kappa shape index (κ2) is 7.46. The van der Waals surface area contributed by atoms with Crippen molar-refractivity contribution in [3.63, 3.8) is 0 Å². The van der Waals surface area contributed by atoms with Crippen LogP contribution in [-0.2, 0) is 16.4 Å². The molecule has 0 aliphatic heterocycles. The van der Waals surface area contributed by atoms with Crippen LogP contribution in [0.15, 0.2) is 16.3 Å². The lowest BCUT2D eigenvalue weighted by molar-refractivity contribution is 0.582. The number of hydrogen-bond donors (Lipinski definition) is 2. The summed E-state index contributed by atoms with van der Waals surface area (Å²) in [7, 11) is -3.34. The van der Waals surface area contributed by atoms with Gasteiger partial charge in [0.15, 0.2) is 0 Å². The topological polar surface area (TPSA) is 58.2 Å². The fourth-order valence-electron chi connectivity index (χ4n) is 2.04. The Labute approximate surface area is 136 Å². The molecule has 21 heavy (non-hydrogen) atoms. The van der Waals surface area contributed by atoms with Crippen molar-refractivity contribution >= 4 is 33.1 Å². The zero-order valence-electron chi connectivity index (χ0n) is 12.6. The van der Waals surface area contributed by atoms with Crippen LogP contribution in [0.1, 0.15) is 31.1 Å². The lowest BCUT2D eigenvalue weighted by atomic mass is 10.3. The Morgan fingerprint density at radius 3 is 2.71 bits per heavy atom. The molecule has 2 N–H and O–H groups in total. The summed E-state index contributed by atoms with van der Waals surface area (Å²) in [5.41, 5.74) is 0. The maximum Gasteiger partial charge on any atom is 0.250 e. The van der Waals surface area contributed by atoms with Gasteiger partial charge in [0, 0.05) is 16.2 Å². The largest absolute Gasteiger partial charge is 0.316 e. The van der Waals surface area contributed by atoms with Gasteiger partial charge in [0.1, 0.15) is 4.21 Å². The zero-order valence-corrected chi connectivity index (χ0v) is 15.1. The molecule has 1 heterocycles. The Morgan fingerprint density at radius 1 is 1.33 bits per heavy atom. The van der Waals surface area contributed by atoms with Gasteiger partial charge in [0.2, 0.25) is 10.0 Å². The average molecular weight is 349 g/mol. The van der Waals surface area contributed by atoms with E-state index >= 15 is 0 Å². The summed E-state index contributed by atoms with van der Waals surface area (Å²) in [6, 6.07) is 3.65. The highest BCUT2D eigenvalue weighted by atomic mass is 32.2. The van der Waals surface area contributed by atoms with Crippen LogP contribution in [0.5, 0.6) is 0 Å². The van der Waals surface area contributed by atoms with Crippen LogP contribution in [-0.4, -0.2) is 39.1 Å². The zero-order chi connectivity index (χ0) is 15.3. The highest BCUT2D eigenvalue weighted by molar-refractivity contribution is 8.00. The van der Waals surface area contributed by atoms with E-state index in [9.17, 15) is 8.42 Å². The maximum atomic E-state index is 12.3. The molecule has 0 radical (unpaired) electrons. The third kappa shape index (κ3) is 4.96. The molecule has 1 fully saturated rings. The van der Waals surface area contributed by atoms with Gasteiger partial charge >= 0.3 is 0 Å². The molecule has 0 unspecified atom stereocenters. The van der Waals surface area contributed by atoms with E-state index in [0.717, 1.165) is 43.6 Å². The first kappa shape index (κ1) is 17.3. The first-order valence-corrected chi connectivity index (χ1v) is 10.9. The first-order valence-electron chi connectivity index (χ1n) is 7.35. The van der Waals surface area contributed by atoms with Crippen molar-refractivity contribution in [2.75, 3.05) is 25.9 Å². The van der Waals surface area contributed by atoms with Gasteiger partial charge in [-0.3, -0.25) is 0 Å². The van der Waals surface area contributed by atoms with E-state index in [4.69, 9.17) is 0 Å². The lowest BCUT2D eigenvalue weighted by Crippen LogP contribution is -2.31. The van der Waals surface area contributed by atoms with Gasteiger partial charge < -0.3 is 5.32 Å². The van der Waals surface area contributed by atoms with E-state index in [0.29, 0.717) is 10.8 Å². The molecular formula is C14H24N2O2S3. The smallest absolute Gasteiger partial charge is 0.250 e. The monoisotopic (exact) mass is 348 g/mol. The van der Waals surface area contributed by atoms with Crippen LogP contribution in [0.2, 0.25) is 0 Å². The second-order valence-corrected chi connectivity index (χ2v) is 9.87. The minimum Gasteiger partial charge on any atom is -0.316 e. The molecule has 0 bridgehead atoms. The average Bonchev–Trinajstić information content (AvgIpc) is 3.10. The molecule has 0 amide bonds. The normalized spacial score (nSPS) is 17.0. The predicted octanol–water partition coefficient (Wildman–Crippen LogP) is 2.46. The van der Waals surface area contributed by atoms with Crippen molar-refractivity contribution in [2.45, 2.75) is 41.6 Å². The molecule has 1 aromatic heterocycles. The predicted molar refractivity (Wildman–Crippen MR) is 91.9 cm³/mol. The van der Waals surface area contributed by atoms with Crippen LogP contribution < -0.4 is 10.0 Å². The Balaban J connectivity index is 1.86. The van der Waals surface area contributed by atoms with E-state index < -0.39 is 10.0 Å². The minimum atomic E-state index is -3.34. The summed E-state index contributed by atoms with van der Waals surface area (Å²) < 4.78 is 27.9. The Bertz CT molecular complexity index is 550. The molecule has 4 nitrogen and oxygen atoms in total. The molecule has 0 aromatic carbocycles. The van der Waals surface area contributed by atoms with E-state index in [1.165, 1.54) is 11.3 Å². The van der Waals surface area contributed by atoms with E-state index in [-0.39, 0.29) is 4.75 Å². The van der Waals surface area contributed by atoms with Crippen LogP contribution in [0.25, 0.3) is 0 Å². The Morgan fingerprint density at radius 2 is 2.10 bits per heavy atom. The first-order chi connectivity index (χ1) is 10.0. The van der Waals surface area contributed by atoms with Gasteiger partial charge in [0.05, 0.1) is 0 Å². The number of sulfonamides is 1. The molecule has 0 atom stereocenters. The minimum absolute atomic E-state index is 0.150. The van der Waals surface area contributed by atoms with Gasteiger partial charge in [0.25, 0.3) is 0 Å². The SMILES string of the molecule is CCCNCCc1ccc(S(=O)(=O)NCC2(SC)CC2)s1. The number of thiophene rings is 1. The highest BCUT2D eigenvalue weighted by Gasteiger charge is 2.42. The summed E-state index contributed by atoms with van der Waals surface area (Å²) in [4.78, 5) is 1.12. The van der Waals surface area contributed by atoms with Crippen LogP contribution in [0.3, 0.4) is 0 Å². The molecule has 2 rings (SSSR count). The summed E-state index contributed by atoms with van der Waals surface area (Å²) in [6.45, 7) is 4.59. The van der Waals surface area contributed by atoms with Crippen LogP contribution in [0, 0.1) is 0 Å². The molecule has 7 heteroatoms.